The van der Waals surface area contributed by atoms with Gasteiger partial charge in [0.15, 0.2) is 6.10 Å². The maximum Gasteiger partial charge on any atom is 0.263 e. The molecule has 0 aliphatic heterocycles. The van der Waals surface area contributed by atoms with E-state index >= 15 is 0 Å². The summed E-state index contributed by atoms with van der Waals surface area (Å²) in [4.78, 5) is 14.6. The smallest absolute Gasteiger partial charge is 0.263 e. The lowest BCUT2D eigenvalue weighted by molar-refractivity contribution is -0.138. The van der Waals surface area contributed by atoms with E-state index in [0.29, 0.717) is 22.2 Å². The first-order valence-corrected chi connectivity index (χ1v) is 8.60. The molecule has 0 aromatic heterocycles. The summed E-state index contributed by atoms with van der Waals surface area (Å²) in [5, 5.41) is 0. The van der Waals surface area contributed by atoms with Gasteiger partial charge in [0.25, 0.3) is 5.91 Å². The maximum absolute atomic E-state index is 13.1. The molecule has 1 aliphatic rings. The molecular formula is C17H23BrFNO2. The minimum Gasteiger partial charge on any atom is -0.480 e. The van der Waals surface area contributed by atoms with Crippen LogP contribution in [0.3, 0.4) is 0 Å². The van der Waals surface area contributed by atoms with E-state index in [-0.39, 0.29) is 11.7 Å². The summed E-state index contributed by atoms with van der Waals surface area (Å²) in [7, 11) is 0. The van der Waals surface area contributed by atoms with Crippen molar-refractivity contribution in [2.24, 2.45) is 5.92 Å². The molecule has 1 atom stereocenters. The second-order valence-electron chi connectivity index (χ2n) is 6.28. The molecule has 0 spiro atoms. The van der Waals surface area contributed by atoms with Crippen molar-refractivity contribution in [2.75, 3.05) is 6.54 Å². The van der Waals surface area contributed by atoms with E-state index in [1.807, 2.05) is 4.90 Å². The zero-order valence-electron chi connectivity index (χ0n) is 13.3. The van der Waals surface area contributed by atoms with Crippen LogP contribution in [-0.4, -0.2) is 29.5 Å². The highest BCUT2D eigenvalue weighted by Gasteiger charge is 2.35. The topological polar surface area (TPSA) is 29.5 Å². The second kappa shape index (κ2) is 7.44. The van der Waals surface area contributed by atoms with E-state index in [4.69, 9.17) is 4.74 Å². The number of amides is 1. The summed E-state index contributed by atoms with van der Waals surface area (Å²) in [6, 6.07) is 4.58. The molecule has 2 rings (SSSR count). The normalized spacial score (nSPS) is 15.7. The highest BCUT2D eigenvalue weighted by Crippen LogP contribution is 2.30. The quantitative estimate of drug-likeness (QED) is 0.710. The number of benzene rings is 1. The van der Waals surface area contributed by atoms with Crippen LogP contribution in [-0.2, 0) is 4.79 Å². The van der Waals surface area contributed by atoms with Gasteiger partial charge in [0.1, 0.15) is 11.6 Å². The number of hydrogen-bond donors (Lipinski definition) is 0. The highest BCUT2D eigenvalue weighted by molar-refractivity contribution is 9.10. The van der Waals surface area contributed by atoms with Crippen molar-refractivity contribution in [1.82, 2.24) is 4.90 Å². The lowest BCUT2D eigenvalue weighted by Crippen LogP contribution is -2.42. The lowest BCUT2D eigenvalue weighted by atomic mass is 10.1. The number of hydrogen-bond acceptors (Lipinski definition) is 2. The maximum atomic E-state index is 13.1. The molecule has 0 saturated heterocycles. The third kappa shape index (κ3) is 4.70. The molecule has 1 aliphatic carbocycles. The van der Waals surface area contributed by atoms with E-state index in [9.17, 15) is 9.18 Å². The van der Waals surface area contributed by atoms with Crippen LogP contribution in [0, 0.1) is 11.7 Å². The Kier molecular flexibility index (Phi) is 5.84. The van der Waals surface area contributed by atoms with Crippen LogP contribution in [0.2, 0.25) is 0 Å². The average Bonchev–Trinajstić information content (AvgIpc) is 3.26. The van der Waals surface area contributed by atoms with Crippen molar-refractivity contribution in [3.63, 3.8) is 0 Å². The first kappa shape index (κ1) is 17.3. The van der Waals surface area contributed by atoms with Crippen LogP contribution in [0.5, 0.6) is 5.75 Å². The monoisotopic (exact) mass is 371 g/mol. The minimum atomic E-state index is -0.575. The van der Waals surface area contributed by atoms with Crippen molar-refractivity contribution in [1.29, 1.82) is 0 Å². The van der Waals surface area contributed by atoms with Crippen LogP contribution in [0.4, 0.5) is 4.39 Å². The van der Waals surface area contributed by atoms with Crippen LogP contribution in [0.25, 0.3) is 0 Å². The Balaban J connectivity index is 2.00. The summed E-state index contributed by atoms with van der Waals surface area (Å²) in [5.74, 6) is 0.729. The van der Waals surface area contributed by atoms with Crippen molar-refractivity contribution in [3.8, 4) is 5.75 Å². The van der Waals surface area contributed by atoms with Crippen molar-refractivity contribution in [2.45, 2.75) is 52.2 Å². The first-order chi connectivity index (χ1) is 10.4. The molecule has 1 aromatic rings. The Bertz CT molecular complexity index is 531. The molecular weight excluding hydrogens is 349 g/mol. The van der Waals surface area contributed by atoms with Gasteiger partial charge in [0, 0.05) is 12.6 Å². The largest absolute Gasteiger partial charge is 0.480 e. The Labute approximate surface area is 140 Å². The lowest BCUT2D eigenvalue weighted by Gasteiger charge is -2.27. The third-order valence-corrected chi connectivity index (χ3v) is 4.38. The number of rotatable bonds is 7. The van der Waals surface area contributed by atoms with E-state index in [1.54, 1.807) is 13.0 Å². The number of nitrogens with zero attached hydrogens (tertiary/aromatic N) is 1. The van der Waals surface area contributed by atoms with Gasteiger partial charge in [-0.1, -0.05) is 13.8 Å². The van der Waals surface area contributed by atoms with Crippen LogP contribution in [0.1, 0.15) is 40.0 Å². The van der Waals surface area contributed by atoms with Gasteiger partial charge in [-0.3, -0.25) is 4.79 Å². The summed E-state index contributed by atoms with van der Waals surface area (Å²) in [5.41, 5.74) is 0. The number of ether oxygens (including phenoxy) is 1. The Morgan fingerprint density at radius 2 is 2.09 bits per heavy atom. The van der Waals surface area contributed by atoms with Crippen molar-refractivity contribution >= 4 is 21.8 Å². The van der Waals surface area contributed by atoms with Gasteiger partial charge in [-0.15, -0.1) is 0 Å². The summed E-state index contributed by atoms with van der Waals surface area (Å²) < 4.78 is 19.3. The molecule has 0 radical (unpaired) electrons. The van der Waals surface area contributed by atoms with Gasteiger partial charge in [-0.05, 0) is 66.2 Å². The molecule has 1 fully saturated rings. The number of carbonyl (C=O) groups excluding carboxylic acids is 1. The third-order valence-electron chi connectivity index (χ3n) is 3.76. The molecule has 1 unspecified atom stereocenters. The summed E-state index contributed by atoms with van der Waals surface area (Å²) in [6.07, 6.45) is 2.58. The molecule has 0 heterocycles. The van der Waals surface area contributed by atoms with Gasteiger partial charge in [-0.25, -0.2) is 4.39 Å². The molecule has 22 heavy (non-hydrogen) atoms. The Hall–Kier alpha value is -1.10. The average molecular weight is 372 g/mol. The minimum absolute atomic E-state index is 0.0133. The fraction of sp³-hybridized carbons (Fsp3) is 0.588. The molecule has 3 nitrogen and oxygen atoms in total. The van der Waals surface area contributed by atoms with E-state index in [1.165, 1.54) is 12.1 Å². The standard InChI is InChI=1S/C17H23BrFNO2/c1-11(2)8-9-20(14-5-6-14)17(21)12(3)22-16-7-4-13(19)10-15(16)18/h4,7,10-12,14H,5-6,8-9H2,1-3H3. The summed E-state index contributed by atoms with van der Waals surface area (Å²) in [6.45, 7) is 6.85. The van der Waals surface area contributed by atoms with Crippen molar-refractivity contribution in [3.05, 3.63) is 28.5 Å². The van der Waals surface area contributed by atoms with Crippen LogP contribution in [0.15, 0.2) is 22.7 Å². The second-order valence-corrected chi connectivity index (χ2v) is 7.13. The fourth-order valence-electron chi connectivity index (χ4n) is 2.30. The van der Waals surface area contributed by atoms with Crippen LogP contribution < -0.4 is 4.74 Å². The van der Waals surface area contributed by atoms with Gasteiger partial charge < -0.3 is 9.64 Å². The van der Waals surface area contributed by atoms with E-state index in [2.05, 4.69) is 29.8 Å². The van der Waals surface area contributed by atoms with Crippen molar-refractivity contribution < 1.29 is 13.9 Å². The molecule has 5 heteroatoms. The zero-order chi connectivity index (χ0) is 16.3. The molecule has 1 aromatic carbocycles. The van der Waals surface area contributed by atoms with Gasteiger partial charge >= 0.3 is 0 Å². The molecule has 122 valence electrons. The Morgan fingerprint density at radius 1 is 1.41 bits per heavy atom. The molecule has 0 bridgehead atoms. The predicted molar refractivity (Wildman–Crippen MR) is 88.4 cm³/mol. The van der Waals surface area contributed by atoms with Gasteiger partial charge in [0.2, 0.25) is 0 Å². The predicted octanol–water partition coefficient (Wildman–Crippen LogP) is 4.39. The highest BCUT2D eigenvalue weighted by atomic mass is 79.9. The van der Waals surface area contributed by atoms with Crippen LogP contribution >= 0.6 is 15.9 Å². The SMILES string of the molecule is CC(C)CCN(C(=O)C(C)Oc1ccc(F)cc1Br)C1CC1. The molecule has 0 N–H and O–H groups in total. The van der Waals surface area contributed by atoms with Gasteiger partial charge in [0.05, 0.1) is 4.47 Å². The molecule has 1 saturated carbocycles. The number of halogens is 2. The van der Waals surface area contributed by atoms with E-state index in [0.717, 1.165) is 25.8 Å². The summed E-state index contributed by atoms with van der Waals surface area (Å²) >= 11 is 3.26. The first-order valence-electron chi connectivity index (χ1n) is 7.80. The molecule has 1 amide bonds. The Morgan fingerprint density at radius 3 is 2.64 bits per heavy atom. The van der Waals surface area contributed by atoms with E-state index < -0.39 is 6.10 Å². The fourth-order valence-corrected chi connectivity index (χ4v) is 2.75. The number of carbonyl (C=O) groups is 1. The zero-order valence-corrected chi connectivity index (χ0v) is 14.9. The van der Waals surface area contributed by atoms with Gasteiger partial charge in [-0.2, -0.15) is 0 Å².